The predicted molar refractivity (Wildman–Crippen MR) is 113 cm³/mol. The van der Waals surface area contributed by atoms with E-state index in [1.165, 1.54) is 24.3 Å². The van der Waals surface area contributed by atoms with Gasteiger partial charge in [-0.15, -0.1) is 0 Å². The van der Waals surface area contributed by atoms with E-state index in [0.29, 0.717) is 22.4 Å². The van der Waals surface area contributed by atoms with Crippen molar-refractivity contribution in [3.05, 3.63) is 51.3 Å². The van der Waals surface area contributed by atoms with Crippen LogP contribution in [0, 0.1) is 13.8 Å². The summed E-state index contributed by atoms with van der Waals surface area (Å²) >= 11 is 11.9. The fraction of sp³-hybridized carbons (Fsp3) is 0.316. The number of nitrogens with one attached hydrogen (secondary N) is 1. The minimum Gasteiger partial charge on any atom is -0.268 e. The summed E-state index contributed by atoms with van der Waals surface area (Å²) < 4.78 is 29.3. The Kier molecular flexibility index (Phi) is 5.40. The number of aryl methyl sites for hydroxylation is 2. The number of halogens is 2. The van der Waals surface area contributed by atoms with Gasteiger partial charge in [0, 0.05) is 10.7 Å². The van der Waals surface area contributed by atoms with E-state index in [9.17, 15) is 13.2 Å². The highest BCUT2D eigenvalue weighted by molar-refractivity contribution is 7.90. The van der Waals surface area contributed by atoms with Crippen LogP contribution in [0.5, 0.6) is 0 Å². The summed E-state index contributed by atoms with van der Waals surface area (Å²) in [5.41, 5.74) is 1.44. The zero-order chi connectivity index (χ0) is 21.7. The van der Waals surface area contributed by atoms with Gasteiger partial charge in [0.1, 0.15) is 4.90 Å². The minimum atomic E-state index is -4.24. The molecule has 3 rings (SSSR count). The monoisotopic (exact) mass is 454 g/mol. The topological polar surface area (TPSA) is 94.0 Å². The summed E-state index contributed by atoms with van der Waals surface area (Å²) in [6, 6.07) is 5.55. The van der Waals surface area contributed by atoms with Gasteiger partial charge in [-0.3, -0.25) is 4.79 Å². The smallest absolute Gasteiger partial charge is 0.265 e. The lowest BCUT2D eigenvalue weighted by Gasteiger charge is -2.20. The third kappa shape index (κ3) is 4.10. The Hall–Kier alpha value is -2.16. The molecule has 7 nitrogen and oxygen atoms in total. The van der Waals surface area contributed by atoms with Crippen LogP contribution in [0.2, 0.25) is 10.0 Å². The van der Waals surface area contributed by atoms with Crippen LogP contribution in [0.15, 0.2) is 29.2 Å². The molecule has 1 aromatic carbocycles. The van der Waals surface area contributed by atoms with Crippen LogP contribution in [0.3, 0.4) is 0 Å². The number of carbonyl (C=O) groups excluding carboxylic acids is 1. The number of benzene rings is 1. The Morgan fingerprint density at radius 1 is 1.14 bits per heavy atom. The minimum absolute atomic E-state index is 0.0394. The number of hydrogen-bond donors (Lipinski definition) is 1. The highest BCUT2D eigenvalue weighted by atomic mass is 35.5. The highest BCUT2D eigenvalue weighted by Gasteiger charge is 2.27. The SMILES string of the molecule is Cc1cc(C(=O)NS(=O)(=O)c2cc(Cl)ccc2Cl)c2c(C)nn(C(C)(C)C)c2n1. The molecule has 0 saturated heterocycles. The Balaban J connectivity index is 2.13. The predicted octanol–water partition coefficient (Wildman–Crippen LogP) is 4.23. The average Bonchev–Trinajstić information content (AvgIpc) is 2.92. The summed E-state index contributed by atoms with van der Waals surface area (Å²) in [4.78, 5) is 17.2. The molecule has 10 heteroatoms. The van der Waals surface area contributed by atoms with E-state index in [0.717, 1.165) is 0 Å². The summed E-state index contributed by atoms with van der Waals surface area (Å²) in [6.07, 6.45) is 0. The van der Waals surface area contributed by atoms with Crippen molar-refractivity contribution >= 4 is 50.2 Å². The van der Waals surface area contributed by atoms with E-state index in [-0.39, 0.29) is 26.0 Å². The van der Waals surface area contributed by atoms with Gasteiger partial charge in [0.05, 0.1) is 27.2 Å². The molecule has 1 amide bonds. The molecule has 0 bridgehead atoms. The van der Waals surface area contributed by atoms with Gasteiger partial charge in [0.25, 0.3) is 15.9 Å². The van der Waals surface area contributed by atoms with Gasteiger partial charge in [-0.25, -0.2) is 22.8 Å². The van der Waals surface area contributed by atoms with Crippen LogP contribution in [0.4, 0.5) is 0 Å². The molecule has 0 aliphatic carbocycles. The first-order valence-corrected chi connectivity index (χ1v) is 10.9. The van der Waals surface area contributed by atoms with Crippen molar-refractivity contribution in [2.75, 3.05) is 0 Å². The van der Waals surface area contributed by atoms with Crippen molar-refractivity contribution in [1.29, 1.82) is 0 Å². The van der Waals surface area contributed by atoms with Crippen LogP contribution in [-0.4, -0.2) is 29.1 Å². The van der Waals surface area contributed by atoms with Crippen LogP contribution in [0.25, 0.3) is 11.0 Å². The molecule has 0 fully saturated rings. The molecule has 0 radical (unpaired) electrons. The molecule has 154 valence electrons. The Labute approximate surface area is 179 Å². The van der Waals surface area contributed by atoms with E-state index in [4.69, 9.17) is 23.2 Å². The van der Waals surface area contributed by atoms with Crippen molar-refractivity contribution < 1.29 is 13.2 Å². The second-order valence-electron chi connectivity index (χ2n) is 7.69. The first kappa shape index (κ1) is 21.5. The number of hydrogen-bond acceptors (Lipinski definition) is 5. The molecule has 0 atom stereocenters. The van der Waals surface area contributed by atoms with Gasteiger partial charge in [0.15, 0.2) is 5.65 Å². The lowest BCUT2D eigenvalue weighted by molar-refractivity contribution is 0.0982. The number of sulfonamides is 1. The number of pyridine rings is 1. The van der Waals surface area contributed by atoms with Gasteiger partial charge in [-0.05, 0) is 58.9 Å². The highest BCUT2D eigenvalue weighted by Crippen LogP contribution is 2.28. The molecule has 2 heterocycles. The molecule has 0 saturated carbocycles. The molecule has 2 aromatic heterocycles. The molecular weight excluding hydrogens is 435 g/mol. The van der Waals surface area contributed by atoms with Crippen molar-refractivity contribution in [2.24, 2.45) is 0 Å². The van der Waals surface area contributed by atoms with Gasteiger partial charge < -0.3 is 0 Å². The van der Waals surface area contributed by atoms with Crippen molar-refractivity contribution in [3.8, 4) is 0 Å². The lowest BCUT2D eigenvalue weighted by Crippen LogP contribution is -2.31. The largest absolute Gasteiger partial charge is 0.268 e. The van der Waals surface area contributed by atoms with Gasteiger partial charge in [-0.1, -0.05) is 23.2 Å². The molecule has 0 spiro atoms. The lowest BCUT2D eigenvalue weighted by atomic mass is 10.1. The number of rotatable bonds is 3. The summed E-state index contributed by atoms with van der Waals surface area (Å²) in [5.74, 6) is -0.798. The molecule has 3 aromatic rings. The fourth-order valence-electron chi connectivity index (χ4n) is 2.98. The maximum absolute atomic E-state index is 13.0. The molecule has 0 unspecified atom stereocenters. The van der Waals surface area contributed by atoms with Gasteiger partial charge in [0.2, 0.25) is 0 Å². The number of carbonyl (C=O) groups is 1. The Morgan fingerprint density at radius 3 is 2.41 bits per heavy atom. The third-order valence-electron chi connectivity index (χ3n) is 4.23. The first-order valence-electron chi connectivity index (χ1n) is 8.71. The molecule has 0 aliphatic heterocycles. The summed E-state index contributed by atoms with van der Waals surface area (Å²) in [6.45, 7) is 9.38. The zero-order valence-corrected chi connectivity index (χ0v) is 18.9. The standard InChI is InChI=1S/C19H20Cl2N4O3S/c1-10-8-13(16-11(2)23-25(17(16)22-10)19(3,4)5)18(26)24-29(27,28)15-9-12(20)6-7-14(15)21/h6-9H,1-5H3,(H,24,26). The van der Waals surface area contributed by atoms with Crippen molar-refractivity contribution in [3.63, 3.8) is 0 Å². The van der Waals surface area contributed by atoms with Crippen LogP contribution >= 0.6 is 23.2 Å². The second-order valence-corrected chi connectivity index (χ2v) is 10.2. The molecule has 0 aliphatic rings. The number of amides is 1. The van der Waals surface area contributed by atoms with Crippen LogP contribution in [-0.2, 0) is 15.6 Å². The number of nitrogens with zero attached hydrogens (tertiary/aromatic N) is 3. The summed E-state index contributed by atoms with van der Waals surface area (Å²) in [5, 5.41) is 5.15. The van der Waals surface area contributed by atoms with E-state index < -0.39 is 15.9 Å². The molecular formula is C19H20Cl2N4O3S. The van der Waals surface area contributed by atoms with Gasteiger partial charge in [-0.2, -0.15) is 5.10 Å². The quantitative estimate of drug-likeness (QED) is 0.638. The van der Waals surface area contributed by atoms with E-state index in [2.05, 4.69) is 14.8 Å². The maximum Gasteiger partial charge on any atom is 0.265 e. The van der Waals surface area contributed by atoms with Crippen LogP contribution in [0.1, 0.15) is 42.5 Å². The van der Waals surface area contributed by atoms with Crippen molar-refractivity contribution in [1.82, 2.24) is 19.5 Å². The Morgan fingerprint density at radius 2 is 1.79 bits per heavy atom. The molecule has 29 heavy (non-hydrogen) atoms. The first-order chi connectivity index (χ1) is 13.3. The normalized spacial score (nSPS) is 12.4. The second kappa shape index (κ2) is 7.27. The van der Waals surface area contributed by atoms with Crippen molar-refractivity contribution in [2.45, 2.75) is 45.1 Å². The third-order valence-corrected chi connectivity index (χ3v) is 6.28. The van der Waals surface area contributed by atoms with Crippen LogP contribution < -0.4 is 4.72 Å². The zero-order valence-electron chi connectivity index (χ0n) is 16.5. The summed E-state index contributed by atoms with van der Waals surface area (Å²) in [7, 11) is -4.24. The van der Waals surface area contributed by atoms with E-state index >= 15 is 0 Å². The number of aromatic nitrogens is 3. The fourth-order valence-corrected chi connectivity index (χ4v) is 4.71. The van der Waals surface area contributed by atoms with E-state index in [1.54, 1.807) is 18.5 Å². The van der Waals surface area contributed by atoms with Gasteiger partial charge >= 0.3 is 0 Å². The number of fused-ring (bicyclic) bond motifs is 1. The maximum atomic E-state index is 13.0. The molecule has 1 N–H and O–H groups in total. The Bertz CT molecular complexity index is 1240. The average molecular weight is 455 g/mol. The van der Waals surface area contributed by atoms with E-state index in [1.807, 2.05) is 20.8 Å².